The lowest BCUT2D eigenvalue weighted by Crippen LogP contribution is -2.11. The van der Waals surface area contributed by atoms with Crippen molar-refractivity contribution in [1.29, 1.82) is 0 Å². The van der Waals surface area contributed by atoms with Crippen LogP contribution in [0.5, 0.6) is 0 Å². The molecule has 0 saturated carbocycles. The van der Waals surface area contributed by atoms with Gasteiger partial charge in [-0.1, -0.05) is 30.7 Å². The largest absolute Gasteiger partial charge is 0.443 e. The van der Waals surface area contributed by atoms with Crippen molar-refractivity contribution < 1.29 is 13.2 Å². The Morgan fingerprint density at radius 2 is 2.10 bits per heavy atom. The lowest BCUT2D eigenvalue weighted by Gasteiger charge is -2.06. The number of hydrogen-bond acceptors (Lipinski definition) is 3. The standard InChI is InChI=1S/C13H12ClF3N2S/c1-2-18-6-8-3-4-9(10(14)5-8)11-7-19-12(20-11)13(15,16)17/h3-5,7,18H,2,6H2,1H3. The minimum atomic E-state index is -4.42. The number of nitrogens with zero attached hydrogens (tertiary/aromatic N) is 1. The first-order chi connectivity index (χ1) is 9.41. The lowest BCUT2D eigenvalue weighted by atomic mass is 10.1. The molecule has 0 unspecified atom stereocenters. The number of aromatic nitrogens is 1. The molecule has 0 fully saturated rings. The van der Waals surface area contributed by atoms with Crippen LogP contribution < -0.4 is 5.32 Å². The van der Waals surface area contributed by atoms with Crippen molar-refractivity contribution in [2.24, 2.45) is 0 Å². The molecule has 1 N–H and O–H groups in total. The molecule has 1 heterocycles. The first kappa shape index (κ1) is 15.3. The van der Waals surface area contributed by atoms with E-state index in [0.717, 1.165) is 12.1 Å². The van der Waals surface area contributed by atoms with Crippen LogP contribution >= 0.6 is 22.9 Å². The van der Waals surface area contributed by atoms with Gasteiger partial charge in [-0.3, -0.25) is 0 Å². The smallest absolute Gasteiger partial charge is 0.313 e. The first-order valence-corrected chi connectivity index (χ1v) is 7.13. The second-order valence-corrected chi connectivity index (χ2v) is 5.56. The Morgan fingerprint density at radius 3 is 2.65 bits per heavy atom. The number of thiazole rings is 1. The highest BCUT2D eigenvalue weighted by atomic mass is 35.5. The van der Waals surface area contributed by atoms with Gasteiger partial charge in [0, 0.05) is 23.3 Å². The molecule has 0 amide bonds. The van der Waals surface area contributed by atoms with Crippen molar-refractivity contribution in [3.63, 3.8) is 0 Å². The summed E-state index contributed by atoms with van der Waals surface area (Å²) in [6.45, 7) is 3.50. The minimum absolute atomic E-state index is 0.414. The normalized spacial score (nSPS) is 11.8. The third-order valence-electron chi connectivity index (χ3n) is 2.63. The summed E-state index contributed by atoms with van der Waals surface area (Å²) in [6.07, 6.45) is -3.21. The van der Waals surface area contributed by atoms with Gasteiger partial charge in [-0.2, -0.15) is 13.2 Å². The molecule has 0 aliphatic heterocycles. The highest BCUT2D eigenvalue weighted by molar-refractivity contribution is 7.15. The van der Waals surface area contributed by atoms with Crippen LogP contribution in [0.3, 0.4) is 0 Å². The average Bonchev–Trinajstić information content (AvgIpc) is 2.85. The number of benzene rings is 1. The van der Waals surface area contributed by atoms with E-state index in [9.17, 15) is 13.2 Å². The maximum absolute atomic E-state index is 12.5. The van der Waals surface area contributed by atoms with E-state index in [1.165, 1.54) is 6.20 Å². The third-order valence-corrected chi connectivity index (χ3v) is 4.01. The van der Waals surface area contributed by atoms with Crippen molar-refractivity contribution in [2.45, 2.75) is 19.6 Å². The van der Waals surface area contributed by atoms with Gasteiger partial charge in [0.2, 0.25) is 0 Å². The van der Waals surface area contributed by atoms with Crippen molar-refractivity contribution >= 4 is 22.9 Å². The topological polar surface area (TPSA) is 24.9 Å². The van der Waals surface area contributed by atoms with Gasteiger partial charge in [0.25, 0.3) is 0 Å². The molecule has 0 atom stereocenters. The van der Waals surface area contributed by atoms with E-state index in [-0.39, 0.29) is 0 Å². The first-order valence-electron chi connectivity index (χ1n) is 5.94. The second kappa shape index (κ2) is 6.11. The average molecular weight is 321 g/mol. The monoisotopic (exact) mass is 320 g/mol. The van der Waals surface area contributed by atoms with Crippen LogP contribution in [-0.4, -0.2) is 11.5 Å². The number of rotatable bonds is 4. The molecule has 0 aliphatic rings. The van der Waals surface area contributed by atoms with Gasteiger partial charge in [-0.25, -0.2) is 4.98 Å². The van der Waals surface area contributed by atoms with Gasteiger partial charge < -0.3 is 5.32 Å². The van der Waals surface area contributed by atoms with E-state index < -0.39 is 11.2 Å². The summed E-state index contributed by atoms with van der Waals surface area (Å²) in [5.41, 5.74) is 1.56. The molecule has 2 nitrogen and oxygen atoms in total. The van der Waals surface area contributed by atoms with E-state index in [0.29, 0.717) is 33.3 Å². The van der Waals surface area contributed by atoms with Gasteiger partial charge in [0.1, 0.15) is 0 Å². The third kappa shape index (κ3) is 3.50. The molecule has 2 aromatic rings. The maximum Gasteiger partial charge on any atom is 0.443 e. The van der Waals surface area contributed by atoms with Gasteiger partial charge >= 0.3 is 6.18 Å². The van der Waals surface area contributed by atoms with E-state index in [2.05, 4.69) is 10.3 Å². The quantitative estimate of drug-likeness (QED) is 0.891. The fraction of sp³-hybridized carbons (Fsp3) is 0.308. The fourth-order valence-corrected chi connectivity index (χ4v) is 2.85. The van der Waals surface area contributed by atoms with Gasteiger partial charge in [-0.15, -0.1) is 11.3 Å². The van der Waals surface area contributed by atoms with Crippen LogP contribution in [-0.2, 0) is 12.7 Å². The maximum atomic E-state index is 12.5. The zero-order valence-electron chi connectivity index (χ0n) is 10.6. The zero-order chi connectivity index (χ0) is 14.8. The minimum Gasteiger partial charge on any atom is -0.313 e. The SMILES string of the molecule is CCNCc1ccc(-c2cnc(C(F)(F)F)s2)c(Cl)c1. The number of hydrogen-bond donors (Lipinski definition) is 1. The Hall–Kier alpha value is -1.11. The molecule has 0 radical (unpaired) electrons. The van der Waals surface area contributed by atoms with E-state index in [1.54, 1.807) is 12.1 Å². The van der Waals surface area contributed by atoms with Crippen LogP contribution in [0.25, 0.3) is 10.4 Å². The molecule has 1 aromatic carbocycles. The van der Waals surface area contributed by atoms with Gasteiger partial charge in [0.15, 0.2) is 5.01 Å². The number of halogens is 4. The predicted octanol–water partition coefficient (Wildman–Crippen LogP) is 4.59. The van der Waals surface area contributed by atoms with Crippen molar-refractivity contribution in [3.8, 4) is 10.4 Å². The molecule has 1 aromatic heterocycles. The zero-order valence-corrected chi connectivity index (χ0v) is 12.2. The summed E-state index contributed by atoms with van der Waals surface area (Å²) in [7, 11) is 0. The Morgan fingerprint density at radius 1 is 1.35 bits per heavy atom. The Bertz CT molecular complexity index is 596. The fourth-order valence-electron chi connectivity index (χ4n) is 1.67. The second-order valence-electron chi connectivity index (χ2n) is 4.12. The summed E-state index contributed by atoms with van der Waals surface area (Å²) in [5.74, 6) is 0. The highest BCUT2D eigenvalue weighted by Gasteiger charge is 2.34. The van der Waals surface area contributed by atoms with Crippen LogP contribution in [0.1, 0.15) is 17.5 Å². The molecular weight excluding hydrogens is 309 g/mol. The van der Waals surface area contributed by atoms with Crippen LogP contribution in [0.4, 0.5) is 13.2 Å². The van der Waals surface area contributed by atoms with E-state index in [1.807, 2.05) is 13.0 Å². The number of nitrogens with one attached hydrogen (secondary N) is 1. The molecule has 108 valence electrons. The summed E-state index contributed by atoms with van der Waals surface area (Å²) in [4.78, 5) is 3.81. The molecule has 7 heteroatoms. The van der Waals surface area contributed by atoms with Crippen molar-refractivity contribution in [2.75, 3.05) is 6.54 Å². The molecule has 20 heavy (non-hydrogen) atoms. The highest BCUT2D eigenvalue weighted by Crippen LogP contribution is 2.38. The van der Waals surface area contributed by atoms with Crippen molar-refractivity contribution in [3.05, 3.63) is 40.0 Å². The van der Waals surface area contributed by atoms with Gasteiger partial charge in [-0.05, 0) is 18.2 Å². The Kier molecular flexibility index (Phi) is 4.67. The van der Waals surface area contributed by atoms with Crippen LogP contribution in [0.15, 0.2) is 24.4 Å². The molecule has 0 aliphatic carbocycles. The molecule has 2 rings (SSSR count). The predicted molar refractivity (Wildman–Crippen MR) is 74.9 cm³/mol. The molecular formula is C13H12ClF3N2S. The van der Waals surface area contributed by atoms with Crippen molar-refractivity contribution in [1.82, 2.24) is 10.3 Å². The summed E-state index contributed by atoms with van der Waals surface area (Å²) in [5, 5.41) is 2.73. The summed E-state index contributed by atoms with van der Waals surface area (Å²) >= 11 is 6.73. The van der Waals surface area contributed by atoms with Crippen LogP contribution in [0.2, 0.25) is 5.02 Å². The van der Waals surface area contributed by atoms with E-state index >= 15 is 0 Å². The molecule has 0 saturated heterocycles. The number of alkyl halides is 3. The molecule has 0 spiro atoms. The summed E-state index contributed by atoms with van der Waals surface area (Å²) in [6, 6.07) is 5.33. The molecule has 0 bridgehead atoms. The van der Waals surface area contributed by atoms with Gasteiger partial charge in [0.05, 0.1) is 4.88 Å². The lowest BCUT2D eigenvalue weighted by molar-refractivity contribution is -0.137. The Labute approximate surface area is 123 Å². The Balaban J connectivity index is 2.27. The van der Waals surface area contributed by atoms with E-state index in [4.69, 9.17) is 11.6 Å². The summed E-state index contributed by atoms with van der Waals surface area (Å²) < 4.78 is 37.6. The van der Waals surface area contributed by atoms with Crippen LogP contribution in [0, 0.1) is 0 Å².